The summed E-state index contributed by atoms with van der Waals surface area (Å²) in [6.07, 6.45) is 5.49. The van der Waals surface area contributed by atoms with Crippen LogP contribution in [-0.2, 0) is 4.79 Å². The average Bonchev–Trinajstić information content (AvgIpc) is 3.25. The molecule has 0 atom stereocenters. The third-order valence-electron chi connectivity index (χ3n) is 5.12. The van der Waals surface area contributed by atoms with E-state index in [1.807, 2.05) is 18.2 Å². The van der Waals surface area contributed by atoms with Gasteiger partial charge in [0.1, 0.15) is 11.3 Å². The lowest BCUT2D eigenvalue weighted by atomic mass is 9.93. The lowest BCUT2D eigenvalue weighted by Gasteiger charge is -2.36. The van der Waals surface area contributed by atoms with E-state index in [2.05, 4.69) is 0 Å². The molecule has 2 aliphatic rings. The zero-order chi connectivity index (χ0) is 16.4. The van der Waals surface area contributed by atoms with Crippen molar-refractivity contribution in [3.05, 3.63) is 29.8 Å². The first-order chi connectivity index (χ1) is 11.0. The van der Waals surface area contributed by atoms with Crippen LogP contribution >= 0.6 is 0 Å². The fraction of sp³-hybridized carbons (Fsp3) is 0.556. The fourth-order valence-electron chi connectivity index (χ4n) is 3.34. The maximum Gasteiger partial charge on any atom is 0.258 e. The Labute approximate surface area is 136 Å². The van der Waals surface area contributed by atoms with Gasteiger partial charge in [-0.2, -0.15) is 0 Å². The molecule has 1 aromatic carbocycles. The van der Waals surface area contributed by atoms with Crippen molar-refractivity contribution in [1.82, 2.24) is 4.90 Å². The minimum absolute atomic E-state index is 0.197. The molecule has 0 aromatic heterocycles. The number of amides is 2. The highest BCUT2D eigenvalue weighted by Crippen LogP contribution is 2.36. The van der Waals surface area contributed by atoms with Gasteiger partial charge in [0.25, 0.3) is 5.91 Å². The van der Waals surface area contributed by atoms with E-state index in [-0.39, 0.29) is 5.91 Å². The van der Waals surface area contributed by atoms with Crippen LogP contribution < -0.4 is 10.5 Å². The van der Waals surface area contributed by atoms with Crippen LogP contribution in [0, 0.1) is 5.92 Å². The number of hydrogen-bond acceptors (Lipinski definition) is 3. The number of benzene rings is 1. The van der Waals surface area contributed by atoms with Gasteiger partial charge in [0, 0.05) is 7.05 Å². The van der Waals surface area contributed by atoms with Crippen LogP contribution in [0.15, 0.2) is 24.3 Å². The van der Waals surface area contributed by atoms with E-state index in [1.54, 1.807) is 13.1 Å². The Morgan fingerprint density at radius 1 is 1.26 bits per heavy atom. The van der Waals surface area contributed by atoms with Crippen LogP contribution in [0.3, 0.4) is 0 Å². The molecule has 5 nitrogen and oxygen atoms in total. The van der Waals surface area contributed by atoms with Gasteiger partial charge in [-0.05, 0) is 43.7 Å². The highest BCUT2D eigenvalue weighted by molar-refractivity contribution is 6.00. The molecule has 0 saturated heterocycles. The summed E-state index contributed by atoms with van der Waals surface area (Å²) in [5.74, 6) is 0.593. The smallest absolute Gasteiger partial charge is 0.258 e. The quantitative estimate of drug-likeness (QED) is 0.875. The first-order valence-corrected chi connectivity index (χ1v) is 8.34. The van der Waals surface area contributed by atoms with Gasteiger partial charge in [-0.1, -0.05) is 25.0 Å². The summed E-state index contributed by atoms with van der Waals surface area (Å²) in [6, 6.07) is 7.24. The summed E-state index contributed by atoms with van der Waals surface area (Å²) >= 11 is 0. The first kappa shape index (κ1) is 15.8. The van der Waals surface area contributed by atoms with Crippen LogP contribution in [0.2, 0.25) is 0 Å². The Balaban J connectivity index is 1.82. The van der Waals surface area contributed by atoms with Crippen LogP contribution in [-0.4, -0.2) is 35.9 Å². The minimum atomic E-state index is -0.860. The zero-order valence-corrected chi connectivity index (χ0v) is 13.6. The molecule has 5 heteroatoms. The van der Waals surface area contributed by atoms with Crippen molar-refractivity contribution in [3.8, 4) is 5.75 Å². The lowest BCUT2D eigenvalue weighted by Crippen LogP contribution is -2.56. The number of nitrogens with two attached hydrogens (primary N) is 1. The number of nitrogens with zero attached hydrogens (tertiary/aromatic N) is 1. The maximum atomic E-state index is 13.0. The van der Waals surface area contributed by atoms with E-state index >= 15 is 0 Å². The molecule has 2 N–H and O–H groups in total. The molecule has 2 aliphatic carbocycles. The Morgan fingerprint density at radius 3 is 2.52 bits per heavy atom. The van der Waals surface area contributed by atoms with Gasteiger partial charge in [0.05, 0.1) is 12.2 Å². The standard InChI is InChI=1S/C18H24N2O3/c1-20(18(17(19)22)10-4-5-11-18)16(21)14-6-2-3-7-15(14)23-12-13-8-9-13/h2-3,6-7,13H,4-5,8-12H2,1H3,(H2,19,22). The molecule has 3 rings (SSSR count). The van der Waals surface area contributed by atoms with Crippen molar-refractivity contribution < 1.29 is 14.3 Å². The zero-order valence-electron chi connectivity index (χ0n) is 13.6. The van der Waals surface area contributed by atoms with Crippen molar-refractivity contribution in [2.24, 2.45) is 11.7 Å². The number of hydrogen-bond donors (Lipinski definition) is 1. The van der Waals surface area contributed by atoms with Crippen molar-refractivity contribution in [2.75, 3.05) is 13.7 Å². The summed E-state index contributed by atoms with van der Waals surface area (Å²) in [5, 5.41) is 0. The van der Waals surface area contributed by atoms with Crippen molar-refractivity contribution in [3.63, 3.8) is 0 Å². The van der Waals surface area contributed by atoms with Crippen LogP contribution in [0.25, 0.3) is 0 Å². The molecule has 23 heavy (non-hydrogen) atoms. The number of likely N-dealkylation sites (N-methyl/N-ethyl adjacent to an activating group) is 1. The fourth-order valence-corrected chi connectivity index (χ4v) is 3.34. The van der Waals surface area contributed by atoms with E-state index in [4.69, 9.17) is 10.5 Å². The number of rotatable bonds is 6. The van der Waals surface area contributed by atoms with Gasteiger partial charge in [0.2, 0.25) is 5.91 Å². The van der Waals surface area contributed by atoms with E-state index in [0.717, 1.165) is 12.8 Å². The maximum absolute atomic E-state index is 13.0. The van der Waals surface area contributed by atoms with Gasteiger partial charge in [-0.25, -0.2) is 0 Å². The first-order valence-electron chi connectivity index (χ1n) is 8.34. The summed E-state index contributed by atoms with van der Waals surface area (Å²) in [5.41, 5.74) is 5.27. The van der Waals surface area contributed by atoms with Gasteiger partial charge in [-0.3, -0.25) is 9.59 Å². The molecule has 2 amide bonds. The number of carbonyl (C=O) groups is 2. The van der Waals surface area contributed by atoms with E-state index in [1.165, 1.54) is 17.7 Å². The van der Waals surface area contributed by atoms with Crippen molar-refractivity contribution >= 4 is 11.8 Å². The third kappa shape index (κ3) is 3.05. The van der Waals surface area contributed by atoms with E-state index in [9.17, 15) is 9.59 Å². The summed E-state index contributed by atoms with van der Waals surface area (Å²) in [6.45, 7) is 0.648. The topological polar surface area (TPSA) is 72.6 Å². The Morgan fingerprint density at radius 2 is 1.91 bits per heavy atom. The largest absolute Gasteiger partial charge is 0.492 e. The van der Waals surface area contributed by atoms with Gasteiger partial charge < -0.3 is 15.4 Å². The predicted molar refractivity (Wildman–Crippen MR) is 87.1 cm³/mol. The summed E-state index contributed by atoms with van der Waals surface area (Å²) < 4.78 is 5.82. The van der Waals surface area contributed by atoms with Crippen molar-refractivity contribution in [2.45, 2.75) is 44.1 Å². The Kier molecular flexibility index (Phi) is 4.28. The highest BCUT2D eigenvalue weighted by Gasteiger charge is 2.45. The van der Waals surface area contributed by atoms with E-state index in [0.29, 0.717) is 36.7 Å². The highest BCUT2D eigenvalue weighted by atomic mass is 16.5. The molecule has 2 fully saturated rings. The molecule has 1 aromatic rings. The van der Waals surface area contributed by atoms with Crippen LogP contribution in [0.4, 0.5) is 0 Å². The summed E-state index contributed by atoms with van der Waals surface area (Å²) in [7, 11) is 1.68. The molecule has 0 radical (unpaired) electrons. The summed E-state index contributed by atoms with van der Waals surface area (Å²) in [4.78, 5) is 26.5. The van der Waals surface area contributed by atoms with Crippen LogP contribution in [0.5, 0.6) is 5.75 Å². The second-order valence-electron chi connectivity index (χ2n) is 6.72. The lowest BCUT2D eigenvalue weighted by molar-refractivity contribution is -0.127. The Bertz CT molecular complexity index is 604. The molecule has 0 unspecified atom stereocenters. The third-order valence-corrected chi connectivity index (χ3v) is 5.12. The molecule has 0 heterocycles. The monoisotopic (exact) mass is 316 g/mol. The molecule has 0 bridgehead atoms. The second kappa shape index (κ2) is 6.22. The second-order valence-corrected chi connectivity index (χ2v) is 6.72. The Hall–Kier alpha value is -2.04. The van der Waals surface area contributed by atoms with Gasteiger partial charge in [-0.15, -0.1) is 0 Å². The van der Waals surface area contributed by atoms with Crippen molar-refractivity contribution in [1.29, 1.82) is 0 Å². The number of primary amides is 1. The minimum Gasteiger partial charge on any atom is -0.492 e. The number of carbonyl (C=O) groups excluding carboxylic acids is 2. The van der Waals surface area contributed by atoms with Gasteiger partial charge >= 0.3 is 0 Å². The van der Waals surface area contributed by atoms with Crippen LogP contribution in [0.1, 0.15) is 48.9 Å². The molecule has 0 aliphatic heterocycles. The molecule has 2 saturated carbocycles. The average molecular weight is 316 g/mol. The molecule has 124 valence electrons. The normalized spacial score (nSPS) is 19.3. The molecular weight excluding hydrogens is 292 g/mol. The molecule has 0 spiro atoms. The van der Waals surface area contributed by atoms with E-state index < -0.39 is 11.4 Å². The number of ether oxygens (including phenoxy) is 1. The number of para-hydroxylation sites is 1. The molecular formula is C18H24N2O3. The SMILES string of the molecule is CN(C(=O)c1ccccc1OCC1CC1)C1(C(N)=O)CCCC1. The van der Waals surface area contributed by atoms with Gasteiger partial charge in [0.15, 0.2) is 0 Å². The predicted octanol–water partition coefficient (Wildman–Crippen LogP) is 2.35.